The van der Waals surface area contributed by atoms with Crippen LogP contribution in [-0.4, -0.2) is 34.2 Å². The summed E-state index contributed by atoms with van der Waals surface area (Å²) in [6.07, 6.45) is 0.698. The number of thiocarbonyl (C=S) groups is 1. The van der Waals surface area contributed by atoms with Crippen molar-refractivity contribution >= 4 is 17.3 Å². The second-order valence-corrected chi connectivity index (χ2v) is 3.52. The number of aliphatic hydroxyl groups is 1. The van der Waals surface area contributed by atoms with Crippen molar-refractivity contribution in [1.82, 2.24) is 15.5 Å². The van der Waals surface area contributed by atoms with Gasteiger partial charge in [0.1, 0.15) is 5.72 Å². The predicted molar refractivity (Wildman–Crippen MR) is 51.4 cm³/mol. The molecular formula is C7H15N3OS. The van der Waals surface area contributed by atoms with E-state index in [4.69, 9.17) is 12.2 Å². The Bertz CT molecular complexity index is 173. The fourth-order valence-electron chi connectivity index (χ4n) is 1.02. The molecule has 1 fully saturated rings. The number of nitrogens with zero attached hydrogens (tertiary/aromatic N) is 1. The summed E-state index contributed by atoms with van der Waals surface area (Å²) in [4.78, 5) is 1.89. The van der Waals surface area contributed by atoms with Gasteiger partial charge >= 0.3 is 0 Å². The van der Waals surface area contributed by atoms with Gasteiger partial charge in [-0.15, -0.1) is 0 Å². The van der Waals surface area contributed by atoms with E-state index in [1.54, 1.807) is 6.92 Å². The zero-order chi connectivity index (χ0) is 9.19. The zero-order valence-corrected chi connectivity index (χ0v) is 8.24. The topological polar surface area (TPSA) is 47.5 Å². The average Bonchev–Trinajstić information content (AvgIpc) is 2.05. The van der Waals surface area contributed by atoms with Crippen molar-refractivity contribution in [3.05, 3.63) is 0 Å². The van der Waals surface area contributed by atoms with Gasteiger partial charge in [-0.1, -0.05) is 6.92 Å². The van der Waals surface area contributed by atoms with Gasteiger partial charge in [-0.25, -0.2) is 4.90 Å². The summed E-state index contributed by atoms with van der Waals surface area (Å²) in [7, 11) is 0. The lowest BCUT2D eigenvalue weighted by Gasteiger charge is -2.39. The molecule has 1 saturated heterocycles. The monoisotopic (exact) mass is 189 g/mol. The van der Waals surface area contributed by atoms with E-state index in [1.807, 2.05) is 11.8 Å². The Kier molecular flexibility index (Phi) is 2.87. The Morgan fingerprint density at radius 3 is 2.50 bits per heavy atom. The van der Waals surface area contributed by atoms with E-state index in [9.17, 15) is 5.11 Å². The summed E-state index contributed by atoms with van der Waals surface area (Å²) >= 11 is 4.89. The van der Waals surface area contributed by atoms with Crippen molar-refractivity contribution in [2.45, 2.75) is 26.0 Å². The number of hydrogen-bond donors (Lipinski definition) is 3. The first kappa shape index (κ1) is 9.70. The number of rotatable bonds is 2. The predicted octanol–water partition coefficient (Wildman–Crippen LogP) is -0.200. The third-order valence-corrected chi connectivity index (χ3v) is 2.50. The van der Waals surface area contributed by atoms with Crippen molar-refractivity contribution in [1.29, 1.82) is 0 Å². The summed E-state index contributed by atoms with van der Waals surface area (Å²) in [5, 5.41) is 16.4. The van der Waals surface area contributed by atoms with Gasteiger partial charge < -0.3 is 15.7 Å². The maximum absolute atomic E-state index is 9.84. The molecule has 0 aliphatic carbocycles. The lowest BCUT2D eigenvalue weighted by molar-refractivity contribution is -0.102. The van der Waals surface area contributed by atoms with Crippen molar-refractivity contribution in [3.8, 4) is 0 Å². The Labute approximate surface area is 77.9 Å². The third kappa shape index (κ3) is 2.06. The van der Waals surface area contributed by atoms with Gasteiger partial charge in [0.2, 0.25) is 0 Å². The van der Waals surface area contributed by atoms with Gasteiger partial charge in [0, 0.05) is 0 Å². The summed E-state index contributed by atoms with van der Waals surface area (Å²) in [5.74, 6) is 0. The minimum absolute atomic E-state index is 0.604. The molecule has 5 heteroatoms. The third-order valence-electron chi connectivity index (χ3n) is 2.21. The summed E-state index contributed by atoms with van der Waals surface area (Å²) in [5.41, 5.74) is -0.754. The van der Waals surface area contributed by atoms with Crippen LogP contribution in [0.15, 0.2) is 0 Å². The van der Waals surface area contributed by atoms with Gasteiger partial charge in [-0.3, -0.25) is 0 Å². The molecule has 0 aromatic rings. The maximum atomic E-state index is 9.84. The largest absolute Gasteiger partial charge is 0.376 e. The van der Waals surface area contributed by atoms with Gasteiger partial charge in [0.15, 0.2) is 5.11 Å². The average molecular weight is 189 g/mol. The van der Waals surface area contributed by atoms with Crippen LogP contribution in [0.25, 0.3) is 0 Å². The molecule has 70 valence electrons. The lowest BCUT2D eigenvalue weighted by Crippen LogP contribution is -2.61. The molecule has 1 rings (SSSR count). The van der Waals surface area contributed by atoms with Gasteiger partial charge in [-0.2, -0.15) is 0 Å². The quantitative estimate of drug-likeness (QED) is 0.525. The summed E-state index contributed by atoms with van der Waals surface area (Å²) < 4.78 is 0. The van der Waals surface area contributed by atoms with Gasteiger partial charge in [0.05, 0.1) is 13.3 Å². The van der Waals surface area contributed by atoms with Crippen molar-refractivity contribution < 1.29 is 5.11 Å². The molecule has 1 aliphatic heterocycles. The molecule has 3 N–H and O–H groups in total. The molecule has 0 radical (unpaired) electrons. The second-order valence-electron chi connectivity index (χ2n) is 3.11. The lowest BCUT2D eigenvalue weighted by atomic mass is 10.2. The van der Waals surface area contributed by atoms with Crippen molar-refractivity contribution in [2.75, 3.05) is 13.3 Å². The van der Waals surface area contributed by atoms with Crippen LogP contribution < -0.4 is 10.6 Å². The highest BCUT2D eigenvalue weighted by Crippen LogP contribution is 2.14. The van der Waals surface area contributed by atoms with Crippen LogP contribution in [0.5, 0.6) is 0 Å². The van der Waals surface area contributed by atoms with Crippen LogP contribution in [0, 0.1) is 0 Å². The van der Waals surface area contributed by atoms with Crippen LogP contribution >= 0.6 is 12.2 Å². The molecule has 0 amide bonds. The van der Waals surface area contributed by atoms with Crippen LogP contribution in [0.4, 0.5) is 0 Å². The molecule has 1 atom stereocenters. The van der Waals surface area contributed by atoms with E-state index in [2.05, 4.69) is 10.6 Å². The smallest absolute Gasteiger partial charge is 0.168 e. The van der Waals surface area contributed by atoms with Crippen LogP contribution in [0.2, 0.25) is 0 Å². The number of hydrogen-bond acceptors (Lipinski definition) is 3. The molecule has 0 aromatic heterocycles. The summed E-state index contributed by atoms with van der Waals surface area (Å²) in [6.45, 7) is 4.96. The van der Waals surface area contributed by atoms with E-state index in [1.165, 1.54) is 0 Å². The molecule has 1 aliphatic rings. The normalized spacial score (nSPS) is 24.1. The number of nitrogens with one attached hydrogen (secondary N) is 2. The van der Waals surface area contributed by atoms with Gasteiger partial charge in [0.25, 0.3) is 0 Å². The van der Waals surface area contributed by atoms with E-state index < -0.39 is 5.72 Å². The van der Waals surface area contributed by atoms with E-state index in [-0.39, 0.29) is 0 Å². The highest BCUT2D eigenvalue weighted by Gasteiger charge is 2.28. The molecule has 0 bridgehead atoms. The Morgan fingerprint density at radius 2 is 2.08 bits per heavy atom. The minimum Gasteiger partial charge on any atom is -0.376 e. The molecule has 0 aromatic carbocycles. The van der Waals surface area contributed by atoms with E-state index >= 15 is 0 Å². The Hall–Kier alpha value is -0.390. The first-order valence-corrected chi connectivity index (χ1v) is 4.46. The molecule has 4 nitrogen and oxygen atoms in total. The van der Waals surface area contributed by atoms with Crippen molar-refractivity contribution in [3.63, 3.8) is 0 Å². The summed E-state index contributed by atoms with van der Waals surface area (Å²) in [6, 6.07) is 0. The molecule has 0 spiro atoms. The molecule has 1 heterocycles. The molecular weight excluding hydrogens is 174 g/mol. The fraction of sp³-hybridized carbons (Fsp3) is 0.857. The van der Waals surface area contributed by atoms with Crippen LogP contribution in [0.3, 0.4) is 0 Å². The standard InChI is InChI=1S/C7H15N3OS/c1-3-7(2,11)10-4-8-6(12)9-5-10/h11H,3-5H2,1-2H3,(H2,8,9,12)/t7-/m0/s1. The second kappa shape index (κ2) is 3.55. The zero-order valence-electron chi connectivity index (χ0n) is 7.42. The SMILES string of the molecule is CC[C@](C)(O)N1CNC(=S)NC1. The van der Waals surface area contributed by atoms with Gasteiger partial charge in [-0.05, 0) is 25.6 Å². The molecule has 0 saturated carbocycles. The first-order chi connectivity index (χ1) is 5.56. The van der Waals surface area contributed by atoms with Crippen molar-refractivity contribution in [2.24, 2.45) is 0 Å². The van der Waals surface area contributed by atoms with E-state index in [0.717, 1.165) is 0 Å². The minimum atomic E-state index is -0.754. The van der Waals surface area contributed by atoms with Crippen LogP contribution in [-0.2, 0) is 0 Å². The Balaban J connectivity index is 2.49. The Morgan fingerprint density at radius 1 is 1.58 bits per heavy atom. The fourth-order valence-corrected chi connectivity index (χ4v) is 1.15. The highest BCUT2D eigenvalue weighted by atomic mass is 32.1. The van der Waals surface area contributed by atoms with Crippen LogP contribution in [0.1, 0.15) is 20.3 Å². The van der Waals surface area contributed by atoms with E-state index in [0.29, 0.717) is 24.9 Å². The molecule has 0 unspecified atom stereocenters. The molecule has 12 heavy (non-hydrogen) atoms. The maximum Gasteiger partial charge on any atom is 0.168 e. The highest BCUT2D eigenvalue weighted by molar-refractivity contribution is 7.80. The first-order valence-electron chi connectivity index (χ1n) is 4.05.